The lowest BCUT2D eigenvalue weighted by molar-refractivity contribution is 0.430. The van der Waals surface area contributed by atoms with Gasteiger partial charge >= 0.3 is 0 Å². The Morgan fingerprint density at radius 3 is 2.29 bits per heavy atom. The van der Waals surface area contributed by atoms with Crippen LogP contribution in [0.3, 0.4) is 0 Å². The summed E-state index contributed by atoms with van der Waals surface area (Å²) in [6.07, 6.45) is 3.18. The lowest BCUT2D eigenvalue weighted by atomic mass is 10.1. The second kappa shape index (κ2) is 8.31. The average Bonchev–Trinajstić information content (AvgIpc) is 3.56. The van der Waals surface area contributed by atoms with Gasteiger partial charge in [0, 0.05) is 36.2 Å². The third-order valence-corrected chi connectivity index (χ3v) is 9.10. The van der Waals surface area contributed by atoms with Crippen molar-refractivity contribution in [2.75, 3.05) is 10.6 Å². The Morgan fingerprint density at radius 2 is 1.62 bits per heavy atom. The maximum Gasteiger partial charge on any atom is 0.238 e. The molecule has 0 bridgehead atoms. The number of benzene rings is 2. The molecule has 0 unspecified atom stereocenters. The largest absolute Gasteiger partial charge is 0.340 e. The number of primary sulfonamides is 1. The molecule has 34 heavy (non-hydrogen) atoms. The van der Waals surface area contributed by atoms with Crippen LogP contribution in [0.1, 0.15) is 29.5 Å². The Labute approximate surface area is 198 Å². The van der Waals surface area contributed by atoms with E-state index < -0.39 is 20.0 Å². The number of aryl methyl sites for hydroxylation is 1. The molecule has 0 spiro atoms. The molecule has 1 aliphatic carbocycles. The van der Waals surface area contributed by atoms with Crippen molar-refractivity contribution in [1.29, 1.82) is 0 Å². The molecule has 0 amide bonds. The molecular formula is C22H24N6O4S2. The zero-order valence-corrected chi connectivity index (χ0v) is 20.0. The Kier molecular flexibility index (Phi) is 5.55. The SMILES string of the molecule is Cc1cnc(Nc2ccc(S(N)(=O)=O)cc2)nc1Nc1ccc2c(c1)CN(S(=O)(=O)C1CC1)C2. The third-order valence-electron chi connectivity index (χ3n) is 5.88. The van der Waals surface area contributed by atoms with Crippen LogP contribution in [0.25, 0.3) is 0 Å². The predicted octanol–water partition coefficient (Wildman–Crippen LogP) is 2.73. The summed E-state index contributed by atoms with van der Waals surface area (Å²) in [7, 11) is -6.98. The van der Waals surface area contributed by atoms with Gasteiger partial charge in [-0.05, 0) is 67.3 Å². The third kappa shape index (κ3) is 4.62. The fraction of sp³-hybridized carbons (Fsp3) is 0.273. The van der Waals surface area contributed by atoms with Gasteiger partial charge in [0.2, 0.25) is 26.0 Å². The van der Waals surface area contributed by atoms with Crippen molar-refractivity contribution in [3.8, 4) is 0 Å². The smallest absolute Gasteiger partial charge is 0.238 e. The van der Waals surface area contributed by atoms with Crippen LogP contribution in [-0.2, 0) is 33.1 Å². The summed E-state index contributed by atoms with van der Waals surface area (Å²) >= 11 is 0. The minimum atomic E-state index is -3.76. The summed E-state index contributed by atoms with van der Waals surface area (Å²) in [5.41, 5.74) is 4.23. The molecule has 10 nitrogen and oxygen atoms in total. The van der Waals surface area contributed by atoms with Crippen molar-refractivity contribution in [1.82, 2.24) is 14.3 Å². The first-order valence-corrected chi connectivity index (χ1v) is 13.8. The van der Waals surface area contributed by atoms with E-state index in [1.165, 1.54) is 12.1 Å². The number of sulfonamides is 2. The van der Waals surface area contributed by atoms with Crippen LogP contribution in [0.15, 0.2) is 53.6 Å². The lowest BCUT2D eigenvalue weighted by Gasteiger charge is -2.14. The van der Waals surface area contributed by atoms with Crippen molar-refractivity contribution in [3.05, 3.63) is 65.4 Å². The van der Waals surface area contributed by atoms with E-state index in [9.17, 15) is 16.8 Å². The van der Waals surface area contributed by atoms with Gasteiger partial charge in [-0.1, -0.05) is 6.07 Å². The van der Waals surface area contributed by atoms with E-state index in [4.69, 9.17) is 5.14 Å². The maximum atomic E-state index is 12.6. The van der Waals surface area contributed by atoms with Crippen LogP contribution >= 0.6 is 0 Å². The molecule has 1 aliphatic heterocycles. The van der Waals surface area contributed by atoms with E-state index in [2.05, 4.69) is 20.6 Å². The first-order valence-electron chi connectivity index (χ1n) is 10.7. The first kappa shape index (κ1) is 22.7. The highest BCUT2D eigenvalue weighted by atomic mass is 32.2. The highest BCUT2D eigenvalue weighted by Gasteiger charge is 2.42. The van der Waals surface area contributed by atoms with Crippen molar-refractivity contribution < 1.29 is 16.8 Å². The molecule has 2 aromatic carbocycles. The molecule has 0 saturated heterocycles. The van der Waals surface area contributed by atoms with E-state index >= 15 is 0 Å². The van der Waals surface area contributed by atoms with Gasteiger partial charge < -0.3 is 10.6 Å². The van der Waals surface area contributed by atoms with E-state index in [-0.39, 0.29) is 10.1 Å². The topological polar surface area (TPSA) is 147 Å². The first-order chi connectivity index (χ1) is 16.1. The molecule has 0 radical (unpaired) electrons. The van der Waals surface area contributed by atoms with Crippen LogP contribution < -0.4 is 15.8 Å². The summed E-state index contributed by atoms with van der Waals surface area (Å²) in [6.45, 7) is 2.68. The Morgan fingerprint density at radius 1 is 0.941 bits per heavy atom. The zero-order chi connectivity index (χ0) is 24.1. The van der Waals surface area contributed by atoms with Gasteiger partial charge in [-0.3, -0.25) is 0 Å². The molecule has 5 rings (SSSR count). The number of aromatic nitrogens is 2. The molecular weight excluding hydrogens is 476 g/mol. The number of hydrogen-bond donors (Lipinski definition) is 3. The number of nitrogens with one attached hydrogen (secondary N) is 2. The molecule has 12 heteroatoms. The fourth-order valence-electron chi connectivity index (χ4n) is 3.82. The number of nitrogens with zero attached hydrogens (tertiary/aromatic N) is 3. The Hall–Kier alpha value is -3.06. The van der Waals surface area contributed by atoms with Gasteiger partial charge in [0.25, 0.3) is 0 Å². The van der Waals surface area contributed by atoms with E-state index in [0.29, 0.717) is 30.5 Å². The Balaban J connectivity index is 1.32. The van der Waals surface area contributed by atoms with Gasteiger partial charge in [-0.15, -0.1) is 0 Å². The van der Waals surface area contributed by atoms with Crippen LogP contribution in [-0.4, -0.2) is 36.4 Å². The standard InChI is InChI=1S/C22H24N6O4S2/c1-14-11-24-22(26-17-4-6-19(7-5-17)33(23,29)30)27-21(14)25-18-3-2-15-12-28(13-16(15)10-18)34(31,32)20-8-9-20/h2-7,10-11,20H,8-9,12-13H2,1H3,(H2,23,29,30)(H2,24,25,26,27). The second-order valence-electron chi connectivity index (χ2n) is 8.54. The van der Waals surface area contributed by atoms with Crippen LogP contribution in [0.4, 0.5) is 23.1 Å². The van der Waals surface area contributed by atoms with Crippen LogP contribution in [0.2, 0.25) is 0 Å². The van der Waals surface area contributed by atoms with Crippen molar-refractivity contribution in [2.24, 2.45) is 5.14 Å². The summed E-state index contributed by atoms with van der Waals surface area (Å²) in [6, 6.07) is 11.8. The molecule has 1 fully saturated rings. The molecule has 1 aromatic heterocycles. The molecule has 2 heterocycles. The number of rotatable bonds is 7. The Bertz CT molecular complexity index is 1470. The monoisotopic (exact) mass is 500 g/mol. The normalized spacial score (nSPS) is 16.3. The molecule has 4 N–H and O–H groups in total. The minimum Gasteiger partial charge on any atom is -0.340 e. The molecule has 1 saturated carbocycles. The quantitative estimate of drug-likeness (QED) is 0.449. The van der Waals surface area contributed by atoms with Crippen molar-refractivity contribution in [2.45, 2.75) is 43.0 Å². The lowest BCUT2D eigenvalue weighted by Crippen LogP contribution is -2.28. The summed E-state index contributed by atoms with van der Waals surface area (Å²) in [5.74, 6) is 0.929. The highest BCUT2D eigenvalue weighted by Crippen LogP contribution is 2.36. The van der Waals surface area contributed by atoms with Gasteiger partial charge in [-0.25, -0.2) is 27.0 Å². The van der Waals surface area contributed by atoms with Gasteiger partial charge in [0.15, 0.2) is 0 Å². The number of anilines is 4. The maximum absolute atomic E-state index is 12.6. The second-order valence-corrected chi connectivity index (χ2v) is 12.3. The zero-order valence-electron chi connectivity index (χ0n) is 18.4. The van der Waals surface area contributed by atoms with Crippen LogP contribution in [0, 0.1) is 6.92 Å². The molecule has 3 aromatic rings. The van der Waals surface area contributed by atoms with Crippen molar-refractivity contribution in [3.63, 3.8) is 0 Å². The van der Waals surface area contributed by atoms with E-state index in [0.717, 1.165) is 35.2 Å². The van der Waals surface area contributed by atoms with Crippen LogP contribution in [0.5, 0.6) is 0 Å². The summed E-state index contributed by atoms with van der Waals surface area (Å²) < 4.78 is 49.6. The van der Waals surface area contributed by atoms with E-state index in [1.54, 1.807) is 22.6 Å². The van der Waals surface area contributed by atoms with Crippen molar-refractivity contribution >= 4 is 43.2 Å². The molecule has 178 valence electrons. The molecule has 0 atom stereocenters. The highest BCUT2D eigenvalue weighted by molar-refractivity contribution is 7.90. The number of fused-ring (bicyclic) bond motifs is 1. The van der Waals surface area contributed by atoms with Gasteiger partial charge in [0.1, 0.15) is 5.82 Å². The number of hydrogen-bond acceptors (Lipinski definition) is 8. The molecule has 2 aliphatic rings. The van der Waals surface area contributed by atoms with E-state index in [1.807, 2.05) is 25.1 Å². The minimum absolute atomic E-state index is 0.0188. The van der Waals surface area contributed by atoms with Gasteiger partial charge in [-0.2, -0.15) is 9.29 Å². The number of nitrogens with two attached hydrogens (primary N) is 1. The van der Waals surface area contributed by atoms with Gasteiger partial charge in [0.05, 0.1) is 10.1 Å². The predicted molar refractivity (Wildman–Crippen MR) is 129 cm³/mol. The summed E-state index contributed by atoms with van der Waals surface area (Å²) in [5, 5.41) is 11.3. The average molecular weight is 501 g/mol. The summed E-state index contributed by atoms with van der Waals surface area (Å²) in [4.78, 5) is 8.84. The fourth-order valence-corrected chi connectivity index (χ4v) is 6.13.